The van der Waals surface area contributed by atoms with Crippen LogP contribution in [0.5, 0.6) is 5.88 Å². The highest BCUT2D eigenvalue weighted by Gasteiger charge is 2.26. The molecule has 2 aliphatic heterocycles. The van der Waals surface area contributed by atoms with E-state index < -0.39 is 11.9 Å². The van der Waals surface area contributed by atoms with Crippen LogP contribution in [-0.2, 0) is 4.79 Å². The summed E-state index contributed by atoms with van der Waals surface area (Å²) in [6, 6.07) is 6.70. The number of carbonyl (C=O) groups is 2. The number of methoxy groups -OCH3 is 1. The van der Waals surface area contributed by atoms with Crippen LogP contribution in [0.2, 0.25) is 0 Å². The number of amides is 2. The first-order chi connectivity index (χ1) is 17.4. The van der Waals surface area contributed by atoms with E-state index in [9.17, 15) is 19.1 Å². The van der Waals surface area contributed by atoms with Gasteiger partial charge < -0.3 is 15.2 Å². The Kier molecular flexibility index (Phi) is 6.96. The molecule has 13 heteroatoms. The van der Waals surface area contributed by atoms with Gasteiger partial charge in [-0.15, -0.1) is 11.8 Å². The van der Waals surface area contributed by atoms with Gasteiger partial charge in [0.15, 0.2) is 0 Å². The largest absolute Gasteiger partial charge is 0.481 e. The highest BCUT2D eigenvalue weighted by Crippen LogP contribution is 2.30. The number of ether oxygens (including phenoxy) is 1. The lowest BCUT2D eigenvalue weighted by Gasteiger charge is -2.35. The monoisotopic (exact) mass is 513 g/mol. The predicted octanol–water partition coefficient (Wildman–Crippen LogP) is 1.21. The number of aliphatic hydroxyl groups is 1. The second-order valence-corrected chi connectivity index (χ2v) is 9.38. The van der Waals surface area contributed by atoms with Crippen LogP contribution < -0.4 is 15.5 Å². The first kappa shape index (κ1) is 24.3. The van der Waals surface area contributed by atoms with Crippen molar-refractivity contribution >= 4 is 40.4 Å². The SMILES string of the molecule is COc1ccc2ncc(F)c([C@H](O)CN3CCN(NC(=O)c4ccc5c(n4)NC(=O)CS5)CC3)c2n1. The molecule has 0 unspecified atom stereocenters. The van der Waals surface area contributed by atoms with Crippen molar-refractivity contribution in [3.8, 4) is 5.88 Å². The van der Waals surface area contributed by atoms with E-state index in [1.54, 1.807) is 29.3 Å². The second kappa shape index (κ2) is 10.3. The maximum atomic E-state index is 14.6. The average molecular weight is 514 g/mol. The number of anilines is 1. The number of fused-ring (bicyclic) bond motifs is 2. The van der Waals surface area contributed by atoms with Gasteiger partial charge >= 0.3 is 0 Å². The fourth-order valence-electron chi connectivity index (χ4n) is 4.15. The minimum Gasteiger partial charge on any atom is -0.481 e. The summed E-state index contributed by atoms with van der Waals surface area (Å²) in [6.45, 7) is 2.29. The number of β-amino-alcohol motifs (C(OH)–C–C–N with tert-alkyl or cyclic N) is 1. The first-order valence-electron chi connectivity index (χ1n) is 11.3. The molecule has 2 aliphatic rings. The minimum absolute atomic E-state index is 0.0818. The van der Waals surface area contributed by atoms with E-state index in [-0.39, 0.29) is 35.1 Å². The number of aliphatic hydroxyl groups excluding tert-OH is 1. The maximum absolute atomic E-state index is 14.6. The van der Waals surface area contributed by atoms with E-state index in [0.29, 0.717) is 49.1 Å². The third-order valence-electron chi connectivity index (χ3n) is 5.99. The highest BCUT2D eigenvalue weighted by molar-refractivity contribution is 8.00. The van der Waals surface area contributed by atoms with Crippen LogP contribution in [0.25, 0.3) is 11.0 Å². The number of aromatic nitrogens is 3. The standard InChI is InChI=1S/C23H24FN7O4S/c1-35-19-5-3-14-21(28-19)20(13(24)10-25-14)16(32)11-30-6-8-31(9-7-30)29-23(34)15-2-4-17-22(26-15)27-18(33)12-36-17/h2-5,10,16,32H,6-9,11-12H2,1H3,(H,29,34)(H,26,27,33)/t16-/m1/s1. The molecule has 0 bridgehead atoms. The highest BCUT2D eigenvalue weighted by atomic mass is 32.2. The summed E-state index contributed by atoms with van der Waals surface area (Å²) in [6.07, 6.45) is -0.0366. The van der Waals surface area contributed by atoms with Crippen molar-refractivity contribution in [3.63, 3.8) is 0 Å². The van der Waals surface area contributed by atoms with E-state index >= 15 is 0 Å². The molecule has 5 rings (SSSR count). The number of nitrogens with zero attached hydrogens (tertiary/aromatic N) is 5. The molecule has 188 valence electrons. The molecule has 1 fully saturated rings. The lowest BCUT2D eigenvalue weighted by molar-refractivity contribution is -0.113. The number of halogens is 1. The lowest BCUT2D eigenvalue weighted by Crippen LogP contribution is -2.54. The molecule has 1 atom stereocenters. The molecule has 0 aromatic carbocycles. The first-order valence-corrected chi connectivity index (χ1v) is 12.3. The molecule has 2 amide bonds. The maximum Gasteiger partial charge on any atom is 0.284 e. The van der Waals surface area contributed by atoms with E-state index in [4.69, 9.17) is 4.74 Å². The van der Waals surface area contributed by atoms with Crippen molar-refractivity contribution in [2.45, 2.75) is 11.0 Å². The molecule has 0 aliphatic carbocycles. The van der Waals surface area contributed by atoms with Crippen molar-refractivity contribution < 1.29 is 23.8 Å². The topological polar surface area (TPSA) is 133 Å². The predicted molar refractivity (Wildman–Crippen MR) is 130 cm³/mol. The van der Waals surface area contributed by atoms with E-state index in [2.05, 4.69) is 25.7 Å². The van der Waals surface area contributed by atoms with Crippen LogP contribution in [0, 0.1) is 5.82 Å². The Bertz CT molecular complexity index is 1320. The Morgan fingerprint density at radius 3 is 2.83 bits per heavy atom. The summed E-state index contributed by atoms with van der Waals surface area (Å²) in [4.78, 5) is 39.7. The van der Waals surface area contributed by atoms with Crippen LogP contribution in [0.3, 0.4) is 0 Å². The number of hydrazine groups is 1. The normalized spacial score (nSPS) is 17.4. The molecular weight excluding hydrogens is 489 g/mol. The van der Waals surface area contributed by atoms with E-state index in [1.807, 2.05) is 4.90 Å². The van der Waals surface area contributed by atoms with Gasteiger partial charge in [0.05, 0.1) is 35.6 Å². The molecule has 3 aromatic heterocycles. The Morgan fingerprint density at radius 2 is 2.06 bits per heavy atom. The van der Waals surface area contributed by atoms with Crippen LogP contribution >= 0.6 is 11.8 Å². The Hall–Kier alpha value is -3.39. The summed E-state index contributed by atoms with van der Waals surface area (Å²) in [5.74, 6) is -0.123. The van der Waals surface area contributed by atoms with Gasteiger partial charge in [-0.05, 0) is 18.2 Å². The number of carbonyl (C=O) groups excluding carboxylic acids is 2. The van der Waals surface area contributed by atoms with Gasteiger partial charge in [-0.2, -0.15) is 0 Å². The zero-order valence-electron chi connectivity index (χ0n) is 19.4. The zero-order valence-corrected chi connectivity index (χ0v) is 20.2. The van der Waals surface area contributed by atoms with Gasteiger partial charge in [-0.1, -0.05) is 0 Å². The number of nitrogens with one attached hydrogen (secondary N) is 2. The molecule has 36 heavy (non-hydrogen) atoms. The van der Waals surface area contributed by atoms with Crippen LogP contribution in [-0.4, -0.2) is 87.4 Å². The van der Waals surface area contributed by atoms with Gasteiger partial charge in [0.1, 0.15) is 22.8 Å². The van der Waals surface area contributed by atoms with Crippen molar-refractivity contribution in [2.75, 3.05) is 50.9 Å². The van der Waals surface area contributed by atoms with Gasteiger partial charge in [0, 0.05) is 44.4 Å². The zero-order chi connectivity index (χ0) is 25.2. The fraction of sp³-hybridized carbons (Fsp3) is 0.348. The third kappa shape index (κ3) is 5.09. The molecule has 3 aromatic rings. The molecule has 3 N–H and O–H groups in total. The van der Waals surface area contributed by atoms with Crippen molar-refractivity contribution in [1.82, 2.24) is 30.3 Å². The number of hydrogen-bond donors (Lipinski definition) is 3. The van der Waals surface area contributed by atoms with Crippen LogP contribution in [0.15, 0.2) is 35.4 Å². The Balaban J connectivity index is 1.19. The van der Waals surface area contributed by atoms with Gasteiger partial charge in [0.2, 0.25) is 11.8 Å². The quantitative estimate of drug-likeness (QED) is 0.442. The fourth-order valence-corrected chi connectivity index (χ4v) is 4.90. The van der Waals surface area contributed by atoms with Gasteiger partial charge in [-0.25, -0.2) is 19.4 Å². The Morgan fingerprint density at radius 1 is 1.25 bits per heavy atom. The summed E-state index contributed by atoms with van der Waals surface area (Å²) in [5, 5.41) is 15.3. The molecule has 11 nitrogen and oxygen atoms in total. The minimum atomic E-state index is -1.12. The number of pyridine rings is 3. The van der Waals surface area contributed by atoms with Gasteiger partial charge in [0.25, 0.3) is 5.91 Å². The molecule has 0 saturated carbocycles. The molecule has 0 spiro atoms. The van der Waals surface area contributed by atoms with Crippen LogP contribution in [0.1, 0.15) is 22.2 Å². The van der Waals surface area contributed by atoms with Crippen molar-refractivity contribution in [2.24, 2.45) is 0 Å². The van der Waals surface area contributed by atoms with Crippen molar-refractivity contribution in [1.29, 1.82) is 0 Å². The van der Waals surface area contributed by atoms with E-state index in [1.165, 1.54) is 18.9 Å². The number of thioether (sulfide) groups is 1. The summed E-state index contributed by atoms with van der Waals surface area (Å²) in [5.41, 5.74) is 3.85. The second-order valence-electron chi connectivity index (χ2n) is 8.37. The summed E-state index contributed by atoms with van der Waals surface area (Å²) in [7, 11) is 1.47. The molecule has 5 heterocycles. The van der Waals surface area contributed by atoms with Crippen molar-refractivity contribution in [3.05, 3.63) is 47.5 Å². The van der Waals surface area contributed by atoms with Gasteiger partial charge in [-0.3, -0.25) is 24.9 Å². The van der Waals surface area contributed by atoms with Crippen LogP contribution in [0.4, 0.5) is 10.2 Å². The lowest BCUT2D eigenvalue weighted by atomic mass is 10.1. The number of hydrogen-bond acceptors (Lipinski definition) is 10. The smallest absolute Gasteiger partial charge is 0.284 e. The summed E-state index contributed by atoms with van der Waals surface area (Å²) < 4.78 is 19.8. The molecule has 1 saturated heterocycles. The summed E-state index contributed by atoms with van der Waals surface area (Å²) >= 11 is 1.38. The molecule has 0 radical (unpaired) electrons. The average Bonchev–Trinajstić information content (AvgIpc) is 2.88. The number of rotatable bonds is 6. The number of piperazine rings is 1. The Labute approximate surface area is 210 Å². The third-order valence-corrected chi connectivity index (χ3v) is 7.04. The molecular formula is C23H24FN7O4S. The van der Waals surface area contributed by atoms with E-state index in [0.717, 1.165) is 11.1 Å².